The molecule has 2 aliphatic rings. The molecule has 94 valence electrons. The lowest BCUT2D eigenvalue weighted by molar-refractivity contribution is -0.0661. The summed E-state index contributed by atoms with van der Waals surface area (Å²) in [5.74, 6) is 0. The van der Waals surface area contributed by atoms with Gasteiger partial charge in [0.1, 0.15) is 0 Å². The molecule has 1 aliphatic heterocycles. The van der Waals surface area contributed by atoms with Gasteiger partial charge in [-0.15, -0.1) is 0 Å². The summed E-state index contributed by atoms with van der Waals surface area (Å²) in [6, 6.07) is 2.08. The van der Waals surface area contributed by atoms with Gasteiger partial charge in [0, 0.05) is 31.2 Å². The maximum atomic E-state index is 5.69. The topological polar surface area (TPSA) is 24.5 Å². The third-order valence-corrected chi connectivity index (χ3v) is 3.82. The van der Waals surface area contributed by atoms with E-state index in [0.717, 1.165) is 25.7 Å². The Morgan fingerprint density at radius 3 is 2.75 bits per heavy atom. The maximum absolute atomic E-state index is 5.69. The Morgan fingerprint density at radius 1 is 1.38 bits per heavy atom. The van der Waals surface area contributed by atoms with E-state index in [0.29, 0.717) is 18.2 Å². The lowest BCUT2D eigenvalue weighted by Gasteiger charge is -2.41. The highest BCUT2D eigenvalue weighted by molar-refractivity contribution is 4.87. The van der Waals surface area contributed by atoms with Crippen molar-refractivity contribution in [3.05, 3.63) is 0 Å². The van der Waals surface area contributed by atoms with Gasteiger partial charge >= 0.3 is 0 Å². The van der Waals surface area contributed by atoms with E-state index in [-0.39, 0.29) is 0 Å². The first-order chi connectivity index (χ1) is 7.70. The first-order valence-electron chi connectivity index (χ1n) is 6.81. The predicted molar refractivity (Wildman–Crippen MR) is 66.7 cm³/mol. The molecule has 1 heterocycles. The zero-order valence-electron chi connectivity index (χ0n) is 10.9. The molecule has 1 N–H and O–H groups in total. The van der Waals surface area contributed by atoms with E-state index >= 15 is 0 Å². The van der Waals surface area contributed by atoms with Crippen LogP contribution in [0, 0.1) is 0 Å². The summed E-state index contributed by atoms with van der Waals surface area (Å²) in [5.41, 5.74) is 0. The number of rotatable bonds is 5. The first kappa shape index (κ1) is 12.3. The molecule has 0 spiro atoms. The summed E-state index contributed by atoms with van der Waals surface area (Å²) in [6.07, 6.45) is 4.39. The third kappa shape index (κ3) is 3.19. The second-order valence-corrected chi connectivity index (χ2v) is 5.43. The Balaban J connectivity index is 1.84. The van der Waals surface area contributed by atoms with Crippen molar-refractivity contribution in [1.82, 2.24) is 10.2 Å². The van der Waals surface area contributed by atoms with Gasteiger partial charge in [0.2, 0.25) is 0 Å². The van der Waals surface area contributed by atoms with Crippen LogP contribution in [0.25, 0.3) is 0 Å². The Hall–Kier alpha value is -0.120. The monoisotopic (exact) mass is 226 g/mol. The Morgan fingerprint density at radius 2 is 2.12 bits per heavy atom. The minimum Gasteiger partial charge on any atom is -0.376 e. The molecule has 3 unspecified atom stereocenters. The van der Waals surface area contributed by atoms with Crippen molar-refractivity contribution in [2.24, 2.45) is 0 Å². The largest absolute Gasteiger partial charge is 0.376 e. The van der Waals surface area contributed by atoms with Crippen LogP contribution < -0.4 is 5.32 Å². The Kier molecular flexibility index (Phi) is 4.22. The van der Waals surface area contributed by atoms with Crippen LogP contribution >= 0.6 is 0 Å². The quantitative estimate of drug-likeness (QED) is 0.771. The molecule has 3 heteroatoms. The number of ether oxygens (including phenoxy) is 1. The number of hydrogen-bond donors (Lipinski definition) is 1. The molecule has 0 aromatic heterocycles. The normalized spacial score (nSPS) is 33.9. The fourth-order valence-electron chi connectivity index (χ4n) is 2.52. The summed E-state index contributed by atoms with van der Waals surface area (Å²) in [5, 5.41) is 3.66. The summed E-state index contributed by atoms with van der Waals surface area (Å²) in [4.78, 5) is 2.63. The summed E-state index contributed by atoms with van der Waals surface area (Å²) in [6.45, 7) is 9.89. The minimum absolute atomic E-state index is 0.395. The molecule has 0 bridgehead atoms. The number of nitrogens with zero attached hydrogens (tertiary/aromatic N) is 1. The van der Waals surface area contributed by atoms with Crippen molar-refractivity contribution in [1.29, 1.82) is 0 Å². The molecule has 0 amide bonds. The fourth-order valence-corrected chi connectivity index (χ4v) is 2.52. The van der Waals surface area contributed by atoms with Crippen LogP contribution in [0.3, 0.4) is 0 Å². The highest BCUT2D eigenvalue weighted by Gasteiger charge is 2.30. The van der Waals surface area contributed by atoms with Crippen molar-refractivity contribution < 1.29 is 4.74 Å². The zero-order chi connectivity index (χ0) is 11.5. The predicted octanol–water partition coefficient (Wildman–Crippen LogP) is 1.63. The molecular formula is C13H26N2O. The molecule has 1 saturated carbocycles. The van der Waals surface area contributed by atoms with Crippen molar-refractivity contribution in [3.8, 4) is 0 Å². The smallest absolute Gasteiger partial charge is 0.0674 e. The van der Waals surface area contributed by atoms with Crippen molar-refractivity contribution >= 4 is 0 Å². The molecule has 2 fully saturated rings. The van der Waals surface area contributed by atoms with E-state index in [1.165, 1.54) is 19.3 Å². The lowest BCUT2D eigenvalue weighted by atomic mass is 10.1. The highest BCUT2D eigenvalue weighted by Crippen LogP contribution is 2.20. The van der Waals surface area contributed by atoms with Gasteiger partial charge < -0.3 is 10.1 Å². The van der Waals surface area contributed by atoms with Crippen LogP contribution in [0.4, 0.5) is 0 Å². The Labute approximate surface area is 99.5 Å². The van der Waals surface area contributed by atoms with Crippen LogP contribution in [0.5, 0.6) is 0 Å². The first-order valence-corrected chi connectivity index (χ1v) is 6.81. The molecule has 16 heavy (non-hydrogen) atoms. The molecule has 0 aromatic rings. The molecule has 0 radical (unpaired) electrons. The van der Waals surface area contributed by atoms with Crippen LogP contribution in [0.2, 0.25) is 0 Å². The van der Waals surface area contributed by atoms with Crippen LogP contribution in [-0.2, 0) is 4.74 Å². The van der Waals surface area contributed by atoms with Gasteiger partial charge in [-0.25, -0.2) is 0 Å². The SMILES string of the molecule is CCC(CNC1CC1)N1CC(C)OCC1C. The van der Waals surface area contributed by atoms with Gasteiger partial charge in [-0.1, -0.05) is 6.92 Å². The summed E-state index contributed by atoms with van der Waals surface area (Å²) in [7, 11) is 0. The average Bonchev–Trinajstić information content (AvgIpc) is 3.07. The van der Waals surface area contributed by atoms with Gasteiger partial charge in [0.25, 0.3) is 0 Å². The van der Waals surface area contributed by atoms with Gasteiger partial charge in [0.15, 0.2) is 0 Å². The van der Waals surface area contributed by atoms with E-state index in [1.54, 1.807) is 0 Å². The molecule has 1 saturated heterocycles. The van der Waals surface area contributed by atoms with Crippen molar-refractivity contribution in [2.75, 3.05) is 19.7 Å². The fraction of sp³-hybridized carbons (Fsp3) is 1.00. The number of nitrogens with one attached hydrogen (secondary N) is 1. The number of hydrogen-bond acceptors (Lipinski definition) is 3. The van der Waals surface area contributed by atoms with E-state index in [4.69, 9.17) is 4.74 Å². The Bertz CT molecular complexity index is 218. The van der Waals surface area contributed by atoms with E-state index in [1.807, 2.05) is 0 Å². The summed E-state index contributed by atoms with van der Waals surface area (Å²) >= 11 is 0. The van der Waals surface area contributed by atoms with Crippen LogP contribution in [-0.4, -0.2) is 48.8 Å². The van der Waals surface area contributed by atoms with E-state index < -0.39 is 0 Å². The lowest BCUT2D eigenvalue weighted by Crippen LogP contribution is -2.54. The molecular weight excluding hydrogens is 200 g/mol. The van der Waals surface area contributed by atoms with E-state index in [9.17, 15) is 0 Å². The third-order valence-electron chi connectivity index (χ3n) is 3.82. The van der Waals surface area contributed by atoms with E-state index in [2.05, 4.69) is 31.0 Å². The molecule has 0 aromatic carbocycles. The van der Waals surface area contributed by atoms with Crippen LogP contribution in [0.1, 0.15) is 40.0 Å². The number of morpholine rings is 1. The minimum atomic E-state index is 0.395. The van der Waals surface area contributed by atoms with Crippen LogP contribution in [0.15, 0.2) is 0 Å². The second kappa shape index (κ2) is 5.48. The summed E-state index contributed by atoms with van der Waals surface area (Å²) < 4.78 is 5.69. The van der Waals surface area contributed by atoms with Gasteiger partial charge in [-0.2, -0.15) is 0 Å². The molecule has 1 aliphatic carbocycles. The highest BCUT2D eigenvalue weighted by atomic mass is 16.5. The van der Waals surface area contributed by atoms with Gasteiger partial charge in [0.05, 0.1) is 12.7 Å². The zero-order valence-corrected chi connectivity index (χ0v) is 10.9. The van der Waals surface area contributed by atoms with Gasteiger partial charge in [-0.3, -0.25) is 4.90 Å². The van der Waals surface area contributed by atoms with Crippen molar-refractivity contribution in [3.63, 3.8) is 0 Å². The molecule has 3 nitrogen and oxygen atoms in total. The van der Waals surface area contributed by atoms with Gasteiger partial charge in [-0.05, 0) is 33.1 Å². The maximum Gasteiger partial charge on any atom is 0.0674 e. The molecule has 2 rings (SSSR count). The second-order valence-electron chi connectivity index (χ2n) is 5.43. The standard InChI is InChI=1S/C13H26N2O/c1-4-13(7-14-12-5-6-12)15-8-11(3)16-9-10(15)2/h10-14H,4-9H2,1-3H3. The van der Waals surface area contributed by atoms with Crippen molar-refractivity contribution in [2.45, 2.75) is 64.3 Å². The average molecular weight is 226 g/mol. The molecule has 3 atom stereocenters.